The van der Waals surface area contributed by atoms with Gasteiger partial charge in [0.25, 0.3) is 0 Å². The minimum atomic E-state index is -0.392. The van der Waals surface area contributed by atoms with Crippen LogP contribution in [-0.2, 0) is 19.1 Å². The van der Waals surface area contributed by atoms with E-state index in [1.165, 1.54) is 57.8 Å². The molecule has 0 saturated heterocycles. The highest BCUT2D eigenvalue weighted by Gasteiger charge is 2.28. The van der Waals surface area contributed by atoms with E-state index in [0.29, 0.717) is 12.8 Å². The van der Waals surface area contributed by atoms with Gasteiger partial charge in [0, 0.05) is 12.8 Å². The van der Waals surface area contributed by atoms with E-state index in [4.69, 9.17) is 9.47 Å². The summed E-state index contributed by atoms with van der Waals surface area (Å²) in [4.78, 5) is 28.2. The predicted octanol–water partition coefficient (Wildman–Crippen LogP) is 11.9. The molecule has 0 aliphatic rings. The molecule has 5 heteroatoms. The summed E-state index contributed by atoms with van der Waals surface area (Å²) in [6, 6.07) is 0. The lowest BCUT2D eigenvalue weighted by atomic mass is 10.0. The highest BCUT2D eigenvalue weighted by molar-refractivity contribution is 5.70. The molecule has 0 radical (unpaired) electrons. The second kappa shape index (κ2) is 34.5. The fraction of sp³-hybridized carbons (Fsp3) is 0.805. The summed E-state index contributed by atoms with van der Waals surface area (Å²) >= 11 is 0. The van der Waals surface area contributed by atoms with Gasteiger partial charge in [-0.05, 0) is 123 Å². The SMILES string of the molecule is CCCCC/C=C\CCCC(=O)OC(CCC/C=C\CCCCC)C(CCC/C=C\CCCCC)OC(=O)CCCCCN(C)C. The maximum Gasteiger partial charge on any atom is 0.306 e. The molecule has 0 aliphatic carbocycles. The molecule has 0 aromatic heterocycles. The zero-order valence-electron chi connectivity index (χ0n) is 31.1. The monoisotopic (exact) mass is 646 g/mol. The van der Waals surface area contributed by atoms with Gasteiger partial charge in [-0.1, -0.05) is 102 Å². The van der Waals surface area contributed by atoms with Crippen LogP contribution in [0, 0.1) is 0 Å². The van der Waals surface area contributed by atoms with E-state index in [0.717, 1.165) is 96.4 Å². The van der Waals surface area contributed by atoms with Gasteiger partial charge in [0.1, 0.15) is 12.2 Å². The molecule has 0 N–H and O–H groups in total. The zero-order valence-corrected chi connectivity index (χ0v) is 31.1. The predicted molar refractivity (Wildman–Crippen MR) is 198 cm³/mol. The van der Waals surface area contributed by atoms with Crippen molar-refractivity contribution in [2.45, 2.75) is 193 Å². The average molecular weight is 646 g/mol. The molecule has 0 heterocycles. The van der Waals surface area contributed by atoms with Crippen molar-refractivity contribution in [2.75, 3.05) is 20.6 Å². The Kier molecular flexibility index (Phi) is 33.0. The minimum Gasteiger partial charge on any atom is -0.458 e. The van der Waals surface area contributed by atoms with E-state index in [9.17, 15) is 9.59 Å². The van der Waals surface area contributed by atoms with Gasteiger partial charge in [-0.25, -0.2) is 0 Å². The summed E-state index contributed by atoms with van der Waals surface area (Å²) in [6.07, 6.45) is 38.0. The van der Waals surface area contributed by atoms with Crippen molar-refractivity contribution in [3.8, 4) is 0 Å². The van der Waals surface area contributed by atoms with Gasteiger partial charge in [-0.3, -0.25) is 9.59 Å². The molecule has 0 rings (SSSR count). The second-order valence-electron chi connectivity index (χ2n) is 13.3. The van der Waals surface area contributed by atoms with Crippen molar-refractivity contribution in [1.82, 2.24) is 4.90 Å². The molecule has 268 valence electrons. The molecule has 0 amide bonds. The van der Waals surface area contributed by atoms with Crippen LogP contribution in [0.25, 0.3) is 0 Å². The topological polar surface area (TPSA) is 55.8 Å². The molecule has 2 atom stereocenters. The quantitative estimate of drug-likeness (QED) is 0.0404. The molecule has 0 aromatic rings. The van der Waals surface area contributed by atoms with Gasteiger partial charge >= 0.3 is 11.9 Å². The number of hydrogen-bond acceptors (Lipinski definition) is 5. The molecule has 0 aliphatic heterocycles. The molecule has 0 saturated carbocycles. The number of carbonyl (C=O) groups is 2. The Bertz CT molecular complexity index is 772. The Hall–Kier alpha value is -1.88. The van der Waals surface area contributed by atoms with Crippen LogP contribution < -0.4 is 0 Å². The van der Waals surface area contributed by atoms with Gasteiger partial charge < -0.3 is 14.4 Å². The first-order chi connectivity index (χ1) is 22.4. The second-order valence-corrected chi connectivity index (χ2v) is 13.3. The maximum atomic E-state index is 13.0. The lowest BCUT2D eigenvalue weighted by Gasteiger charge is -2.27. The first-order valence-electron chi connectivity index (χ1n) is 19.4. The van der Waals surface area contributed by atoms with Gasteiger partial charge in [0.05, 0.1) is 0 Å². The largest absolute Gasteiger partial charge is 0.458 e. The van der Waals surface area contributed by atoms with Crippen LogP contribution in [0.4, 0.5) is 0 Å². The fourth-order valence-corrected chi connectivity index (χ4v) is 5.45. The third-order valence-corrected chi connectivity index (χ3v) is 8.36. The minimum absolute atomic E-state index is 0.157. The molecule has 0 spiro atoms. The molecule has 0 fully saturated rings. The van der Waals surface area contributed by atoms with E-state index >= 15 is 0 Å². The number of carbonyl (C=O) groups excluding carboxylic acids is 2. The van der Waals surface area contributed by atoms with Crippen LogP contribution in [0.3, 0.4) is 0 Å². The van der Waals surface area contributed by atoms with E-state index in [1.807, 2.05) is 0 Å². The lowest BCUT2D eigenvalue weighted by Crippen LogP contribution is -2.35. The lowest BCUT2D eigenvalue weighted by molar-refractivity contribution is -0.169. The normalized spacial score (nSPS) is 13.3. The zero-order chi connectivity index (χ0) is 33.9. The molecule has 46 heavy (non-hydrogen) atoms. The van der Waals surface area contributed by atoms with Crippen LogP contribution in [0.1, 0.15) is 181 Å². The summed E-state index contributed by atoms with van der Waals surface area (Å²) in [6.45, 7) is 7.71. The summed E-state index contributed by atoms with van der Waals surface area (Å²) in [7, 11) is 4.16. The fourth-order valence-electron chi connectivity index (χ4n) is 5.45. The summed E-state index contributed by atoms with van der Waals surface area (Å²) < 4.78 is 12.3. The number of unbranched alkanes of at least 4 members (excludes halogenated alkanes) is 14. The van der Waals surface area contributed by atoms with Crippen LogP contribution in [0.2, 0.25) is 0 Å². The van der Waals surface area contributed by atoms with Crippen molar-refractivity contribution in [3.05, 3.63) is 36.5 Å². The first kappa shape index (κ1) is 44.1. The Labute approximate surface area is 286 Å². The molecule has 5 nitrogen and oxygen atoms in total. The third-order valence-electron chi connectivity index (χ3n) is 8.36. The highest BCUT2D eigenvalue weighted by atomic mass is 16.6. The number of nitrogens with zero attached hydrogens (tertiary/aromatic N) is 1. The Balaban J connectivity index is 5.29. The van der Waals surface area contributed by atoms with Crippen LogP contribution >= 0.6 is 0 Å². The van der Waals surface area contributed by atoms with Gasteiger partial charge in [0.2, 0.25) is 0 Å². The summed E-state index contributed by atoms with van der Waals surface area (Å²) in [5.74, 6) is -0.324. The smallest absolute Gasteiger partial charge is 0.306 e. The summed E-state index contributed by atoms with van der Waals surface area (Å²) in [5, 5.41) is 0. The number of rotatable bonds is 33. The van der Waals surface area contributed by atoms with E-state index in [2.05, 4.69) is 76.2 Å². The van der Waals surface area contributed by atoms with E-state index < -0.39 is 12.2 Å². The number of ether oxygens (including phenoxy) is 2. The Morgan fingerprint density at radius 1 is 0.478 bits per heavy atom. The van der Waals surface area contributed by atoms with Crippen LogP contribution in [0.15, 0.2) is 36.5 Å². The summed E-state index contributed by atoms with van der Waals surface area (Å²) in [5.41, 5.74) is 0. The van der Waals surface area contributed by atoms with Crippen molar-refractivity contribution in [3.63, 3.8) is 0 Å². The third kappa shape index (κ3) is 30.8. The number of esters is 2. The molecular formula is C41H75NO4. The van der Waals surface area contributed by atoms with E-state index in [1.54, 1.807) is 0 Å². The van der Waals surface area contributed by atoms with Gasteiger partial charge in [-0.15, -0.1) is 0 Å². The van der Waals surface area contributed by atoms with Crippen molar-refractivity contribution < 1.29 is 19.1 Å². The average Bonchev–Trinajstić information content (AvgIpc) is 3.03. The Morgan fingerprint density at radius 3 is 1.24 bits per heavy atom. The standard InChI is InChI=1S/C41H75NO4/c1-6-9-12-15-18-21-24-28-33-38(45-40(43)35-30-26-23-20-17-14-11-8-3)39(34-29-25-22-19-16-13-10-7-2)46-41(44)36-31-27-32-37-42(4)5/h18-23,38-39H,6-17,24-37H2,1-5H3/b21-18-,22-19-,23-20-. The van der Waals surface area contributed by atoms with Gasteiger partial charge in [-0.2, -0.15) is 0 Å². The number of hydrogen-bond donors (Lipinski definition) is 0. The maximum absolute atomic E-state index is 13.0. The molecule has 2 unspecified atom stereocenters. The van der Waals surface area contributed by atoms with Crippen molar-refractivity contribution in [2.24, 2.45) is 0 Å². The number of allylic oxidation sites excluding steroid dienone is 6. The molecular weight excluding hydrogens is 570 g/mol. The molecule has 0 aromatic carbocycles. The van der Waals surface area contributed by atoms with Crippen molar-refractivity contribution in [1.29, 1.82) is 0 Å². The highest BCUT2D eigenvalue weighted by Crippen LogP contribution is 2.21. The van der Waals surface area contributed by atoms with Crippen molar-refractivity contribution >= 4 is 11.9 Å². The van der Waals surface area contributed by atoms with Crippen LogP contribution in [-0.4, -0.2) is 49.7 Å². The Morgan fingerprint density at radius 2 is 0.848 bits per heavy atom. The van der Waals surface area contributed by atoms with Crippen LogP contribution in [0.5, 0.6) is 0 Å². The van der Waals surface area contributed by atoms with Gasteiger partial charge in [0.15, 0.2) is 0 Å². The van der Waals surface area contributed by atoms with E-state index in [-0.39, 0.29) is 11.9 Å². The first-order valence-corrected chi connectivity index (χ1v) is 19.4. The molecule has 0 bridgehead atoms.